The van der Waals surface area contributed by atoms with Crippen molar-refractivity contribution in [3.63, 3.8) is 0 Å². The van der Waals surface area contributed by atoms with Gasteiger partial charge in [-0.25, -0.2) is 0 Å². The first-order chi connectivity index (χ1) is 10.2. The summed E-state index contributed by atoms with van der Waals surface area (Å²) in [5.41, 5.74) is 1.82. The Morgan fingerprint density at radius 1 is 0.762 bits per heavy atom. The number of hydrogen-bond acceptors (Lipinski definition) is 2. The van der Waals surface area contributed by atoms with Crippen LogP contribution < -0.4 is 10.6 Å². The smallest absolute Gasteiger partial charge is 0.247 e. The van der Waals surface area contributed by atoms with Crippen molar-refractivity contribution in [2.75, 3.05) is 0 Å². The van der Waals surface area contributed by atoms with Crippen molar-refractivity contribution >= 4 is 11.8 Å². The lowest BCUT2D eigenvalue weighted by Gasteiger charge is -2.29. The summed E-state index contributed by atoms with van der Waals surface area (Å²) in [5, 5.41) is 5.61. The number of nitrogens with one attached hydrogen (secondary N) is 2. The predicted molar refractivity (Wildman–Crippen MR) is 79.4 cm³/mol. The first-order valence-corrected chi connectivity index (χ1v) is 6.93. The monoisotopic (exact) mass is 280 g/mol. The van der Waals surface area contributed by atoms with Gasteiger partial charge in [0.25, 0.3) is 0 Å². The van der Waals surface area contributed by atoms with Crippen LogP contribution >= 0.6 is 0 Å². The van der Waals surface area contributed by atoms with Gasteiger partial charge in [-0.1, -0.05) is 60.7 Å². The number of carbonyl (C=O) groups is 2. The van der Waals surface area contributed by atoms with Crippen LogP contribution in [0.1, 0.15) is 17.2 Å². The Labute approximate surface area is 123 Å². The van der Waals surface area contributed by atoms with Crippen LogP contribution in [-0.4, -0.2) is 17.9 Å². The van der Waals surface area contributed by atoms with E-state index >= 15 is 0 Å². The van der Waals surface area contributed by atoms with Crippen LogP contribution in [0.2, 0.25) is 0 Å². The first-order valence-electron chi connectivity index (χ1n) is 6.93. The lowest BCUT2D eigenvalue weighted by Crippen LogP contribution is -2.58. The molecule has 1 heterocycles. The van der Waals surface area contributed by atoms with Crippen LogP contribution in [0.5, 0.6) is 0 Å². The second-order valence-corrected chi connectivity index (χ2v) is 5.10. The number of rotatable bonds is 3. The Morgan fingerprint density at radius 3 is 2.05 bits per heavy atom. The summed E-state index contributed by atoms with van der Waals surface area (Å²) in [4.78, 5) is 24.4. The molecule has 3 rings (SSSR count). The van der Waals surface area contributed by atoms with Crippen molar-refractivity contribution in [1.29, 1.82) is 0 Å². The van der Waals surface area contributed by atoms with E-state index in [0.717, 1.165) is 11.1 Å². The van der Waals surface area contributed by atoms with Gasteiger partial charge < -0.3 is 10.6 Å². The molecule has 1 fully saturated rings. The maximum atomic E-state index is 12.2. The van der Waals surface area contributed by atoms with E-state index in [0.29, 0.717) is 6.42 Å². The Hall–Kier alpha value is -2.62. The molecule has 0 radical (unpaired) electrons. The third-order valence-electron chi connectivity index (χ3n) is 3.60. The zero-order valence-corrected chi connectivity index (χ0v) is 11.5. The highest BCUT2D eigenvalue weighted by atomic mass is 16.2. The lowest BCUT2D eigenvalue weighted by atomic mass is 9.99. The van der Waals surface area contributed by atoms with Gasteiger partial charge in [-0.2, -0.15) is 0 Å². The molecule has 4 nitrogen and oxygen atoms in total. The standard InChI is InChI=1S/C17H16N2O2/c20-16-14(11-12-7-3-1-4-8-12)18-17(21)15(19-16)13-9-5-2-6-10-13/h1-10,14-15H,11H2,(H,18,21)(H,19,20)/t14-,15+/m0/s1. The number of carbonyl (C=O) groups excluding carboxylic acids is 2. The van der Waals surface area contributed by atoms with E-state index in [9.17, 15) is 9.59 Å². The number of hydrogen-bond donors (Lipinski definition) is 2. The summed E-state index contributed by atoms with van der Waals surface area (Å²) >= 11 is 0. The molecule has 106 valence electrons. The third-order valence-corrected chi connectivity index (χ3v) is 3.60. The molecule has 21 heavy (non-hydrogen) atoms. The van der Waals surface area contributed by atoms with Gasteiger partial charge in [0.1, 0.15) is 12.1 Å². The second kappa shape index (κ2) is 5.79. The molecule has 1 saturated heterocycles. The zero-order valence-electron chi connectivity index (χ0n) is 11.5. The highest BCUT2D eigenvalue weighted by molar-refractivity contribution is 5.97. The topological polar surface area (TPSA) is 58.2 Å². The molecule has 0 bridgehead atoms. The molecule has 0 spiro atoms. The van der Waals surface area contributed by atoms with E-state index in [1.54, 1.807) is 0 Å². The van der Waals surface area contributed by atoms with E-state index in [2.05, 4.69) is 10.6 Å². The van der Waals surface area contributed by atoms with Gasteiger partial charge >= 0.3 is 0 Å². The summed E-state index contributed by atoms with van der Waals surface area (Å²) in [6.45, 7) is 0. The molecule has 2 N–H and O–H groups in total. The summed E-state index contributed by atoms with van der Waals surface area (Å²) in [6.07, 6.45) is 0.500. The van der Waals surface area contributed by atoms with Crippen molar-refractivity contribution in [2.24, 2.45) is 0 Å². The van der Waals surface area contributed by atoms with Gasteiger partial charge in [0.2, 0.25) is 11.8 Å². The van der Waals surface area contributed by atoms with Crippen LogP contribution in [0.4, 0.5) is 0 Å². The summed E-state index contributed by atoms with van der Waals surface area (Å²) in [6, 6.07) is 17.8. The van der Waals surface area contributed by atoms with E-state index in [4.69, 9.17) is 0 Å². The molecule has 0 unspecified atom stereocenters. The van der Waals surface area contributed by atoms with Crippen molar-refractivity contribution in [3.8, 4) is 0 Å². The molecule has 0 saturated carbocycles. The fourth-order valence-corrected chi connectivity index (χ4v) is 2.50. The number of piperazine rings is 1. The van der Waals surface area contributed by atoms with E-state index in [-0.39, 0.29) is 11.8 Å². The minimum atomic E-state index is -0.606. The average Bonchev–Trinajstić information content (AvgIpc) is 2.52. The normalized spacial score (nSPS) is 21.5. The van der Waals surface area contributed by atoms with E-state index in [1.807, 2.05) is 60.7 Å². The minimum Gasteiger partial charge on any atom is -0.342 e. The van der Waals surface area contributed by atoms with Crippen molar-refractivity contribution in [3.05, 3.63) is 71.8 Å². The molecule has 4 heteroatoms. The van der Waals surface area contributed by atoms with Crippen LogP contribution in [0.3, 0.4) is 0 Å². The maximum Gasteiger partial charge on any atom is 0.247 e. The van der Waals surface area contributed by atoms with Gasteiger partial charge in [-0.05, 0) is 11.1 Å². The second-order valence-electron chi connectivity index (χ2n) is 5.10. The summed E-state index contributed by atoms with van der Waals surface area (Å²) in [5.74, 6) is -0.311. The highest BCUT2D eigenvalue weighted by Crippen LogP contribution is 2.17. The molecule has 0 aromatic heterocycles. The fraction of sp³-hybridized carbons (Fsp3) is 0.176. The van der Waals surface area contributed by atoms with Gasteiger partial charge in [0.05, 0.1) is 0 Å². The maximum absolute atomic E-state index is 12.2. The Balaban J connectivity index is 1.73. The Morgan fingerprint density at radius 2 is 1.38 bits per heavy atom. The largest absolute Gasteiger partial charge is 0.342 e. The summed E-state index contributed by atoms with van der Waals surface area (Å²) in [7, 11) is 0. The Kier molecular flexibility index (Phi) is 3.69. The molecule has 1 aliphatic heterocycles. The predicted octanol–water partition coefficient (Wildman–Crippen LogP) is 1.58. The Bertz CT molecular complexity index is 640. The minimum absolute atomic E-state index is 0.146. The van der Waals surface area contributed by atoms with Gasteiger partial charge in [0, 0.05) is 6.42 Å². The van der Waals surface area contributed by atoms with E-state index in [1.165, 1.54) is 0 Å². The van der Waals surface area contributed by atoms with Crippen LogP contribution in [0.25, 0.3) is 0 Å². The third kappa shape index (κ3) is 2.94. The lowest BCUT2D eigenvalue weighted by molar-refractivity contribution is -0.136. The average molecular weight is 280 g/mol. The van der Waals surface area contributed by atoms with Crippen molar-refractivity contribution in [1.82, 2.24) is 10.6 Å². The zero-order chi connectivity index (χ0) is 14.7. The molecule has 1 aliphatic rings. The highest BCUT2D eigenvalue weighted by Gasteiger charge is 2.34. The number of benzene rings is 2. The van der Waals surface area contributed by atoms with Crippen LogP contribution in [0.15, 0.2) is 60.7 Å². The summed E-state index contributed by atoms with van der Waals surface area (Å²) < 4.78 is 0. The molecular formula is C17H16N2O2. The van der Waals surface area contributed by atoms with Gasteiger partial charge in [-0.3, -0.25) is 9.59 Å². The van der Waals surface area contributed by atoms with Crippen LogP contribution in [0, 0.1) is 0 Å². The first kappa shape index (κ1) is 13.4. The number of amides is 2. The molecule has 0 aliphatic carbocycles. The van der Waals surface area contributed by atoms with Gasteiger partial charge in [0.15, 0.2) is 0 Å². The van der Waals surface area contributed by atoms with Crippen molar-refractivity contribution < 1.29 is 9.59 Å². The molecule has 2 atom stereocenters. The quantitative estimate of drug-likeness (QED) is 0.897. The van der Waals surface area contributed by atoms with E-state index < -0.39 is 12.1 Å². The fourth-order valence-electron chi connectivity index (χ4n) is 2.50. The molecule has 2 amide bonds. The van der Waals surface area contributed by atoms with Gasteiger partial charge in [-0.15, -0.1) is 0 Å². The molecule has 2 aromatic carbocycles. The molecule has 2 aromatic rings. The van der Waals surface area contributed by atoms with Crippen molar-refractivity contribution in [2.45, 2.75) is 18.5 Å². The molecular weight excluding hydrogens is 264 g/mol. The SMILES string of the molecule is O=C1N[C@H](c2ccccc2)C(=O)N[C@H]1Cc1ccccc1. The van der Waals surface area contributed by atoms with Crippen LogP contribution in [-0.2, 0) is 16.0 Å².